The SMILES string of the molecule is Cc1ccccc1Cc1ccc(OCCCC(=O)NC(C)(C)C(=O)N2CCN(C)CC2)cc1. The van der Waals surface area contributed by atoms with E-state index in [1.54, 1.807) is 13.8 Å². The third kappa shape index (κ3) is 7.32. The van der Waals surface area contributed by atoms with Crippen LogP contribution in [0.5, 0.6) is 5.75 Å². The highest BCUT2D eigenvalue weighted by Gasteiger charge is 2.34. The van der Waals surface area contributed by atoms with E-state index >= 15 is 0 Å². The number of nitrogens with one attached hydrogen (secondary N) is 1. The lowest BCUT2D eigenvalue weighted by Gasteiger charge is -2.37. The Morgan fingerprint density at radius 3 is 2.33 bits per heavy atom. The molecule has 0 unspecified atom stereocenters. The van der Waals surface area contributed by atoms with E-state index < -0.39 is 5.54 Å². The Morgan fingerprint density at radius 1 is 1.00 bits per heavy atom. The molecule has 0 saturated carbocycles. The van der Waals surface area contributed by atoms with E-state index in [0.717, 1.165) is 25.3 Å². The van der Waals surface area contributed by atoms with Crippen molar-refractivity contribution < 1.29 is 14.3 Å². The van der Waals surface area contributed by atoms with Crippen LogP contribution in [-0.2, 0) is 16.0 Å². The highest BCUT2D eigenvalue weighted by Crippen LogP contribution is 2.18. The number of hydrogen-bond donors (Lipinski definition) is 1. The van der Waals surface area contributed by atoms with Gasteiger partial charge in [-0.25, -0.2) is 0 Å². The highest BCUT2D eigenvalue weighted by atomic mass is 16.5. The van der Waals surface area contributed by atoms with Crippen molar-refractivity contribution in [1.82, 2.24) is 15.1 Å². The minimum Gasteiger partial charge on any atom is -0.494 e. The predicted molar refractivity (Wildman–Crippen MR) is 131 cm³/mol. The first-order valence-corrected chi connectivity index (χ1v) is 11.8. The molecular formula is C27H37N3O3. The molecule has 1 aliphatic rings. The van der Waals surface area contributed by atoms with Crippen molar-refractivity contribution in [3.05, 3.63) is 65.2 Å². The molecule has 2 aromatic carbocycles. The summed E-state index contributed by atoms with van der Waals surface area (Å²) in [4.78, 5) is 29.3. The number of piperazine rings is 1. The van der Waals surface area contributed by atoms with Crippen molar-refractivity contribution in [3.8, 4) is 5.75 Å². The first-order valence-electron chi connectivity index (χ1n) is 11.8. The maximum Gasteiger partial charge on any atom is 0.247 e. The van der Waals surface area contributed by atoms with Crippen LogP contribution in [-0.4, -0.2) is 67.0 Å². The Bertz CT molecular complexity index is 932. The second kappa shape index (κ2) is 11.3. The molecule has 1 aliphatic heterocycles. The lowest BCUT2D eigenvalue weighted by Crippen LogP contribution is -2.59. The van der Waals surface area contributed by atoms with Crippen LogP contribution in [0.15, 0.2) is 48.5 Å². The van der Waals surface area contributed by atoms with Gasteiger partial charge < -0.3 is 19.9 Å². The van der Waals surface area contributed by atoms with Gasteiger partial charge >= 0.3 is 0 Å². The Balaban J connectivity index is 1.38. The molecule has 0 bridgehead atoms. The quantitative estimate of drug-likeness (QED) is 0.594. The molecule has 2 amide bonds. The molecule has 1 heterocycles. The van der Waals surface area contributed by atoms with Crippen LogP contribution in [0.3, 0.4) is 0 Å². The van der Waals surface area contributed by atoms with E-state index in [-0.39, 0.29) is 11.8 Å². The monoisotopic (exact) mass is 451 g/mol. The number of benzene rings is 2. The molecule has 3 rings (SSSR count). The maximum atomic E-state index is 12.8. The van der Waals surface area contributed by atoms with Gasteiger partial charge in [0.25, 0.3) is 0 Å². The molecule has 1 N–H and O–H groups in total. The molecule has 6 nitrogen and oxygen atoms in total. The van der Waals surface area contributed by atoms with Gasteiger partial charge in [0, 0.05) is 32.6 Å². The zero-order chi connectivity index (χ0) is 23.8. The standard InChI is InChI=1S/C27H37N3O3/c1-21-8-5-6-9-23(21)20-22-11-13-24(14-12-22)33-19-7-10-25(31)28-27(2,3)26(32)30-17-15-29(4)16-18-30/h5-6,8-9,11-14H,7,10,15-20H2,1-4H3,(H,28,31). The third-order valence-electron chi connectivity index (χ3n) is 6.17. The molecule has 0 aliphatic carbocycles. The van der Waals surface area contributed by atoms with Crippen molar-refractivity contribution in [2.24, 2.45) is 0 Å². The average molecular weight is 452 g/mol. The fourth-order valence-electron chi connectivity index (χ4n) is 4.02. The molecular weight excluding hydrogens is 414 g/mol. The van der Waals surface area contributed by atoms with Crippen molar-refractivity contribution >= 4 is 11.8 Å². The lowest BCUT2D eigenvalue weighted by molar-refractivity contribution is -0.141. The zero-order valence-electron chi connectivity index (χ0n) is 20.4. The van der Waals surface area contributed by atoms with Gasteiger partial charge in [-0.2, -0.15) is 0 Å². The van der Waals surface area contributed by atoms with E-state index in [9.17, 15) is 9.59 Å². The molecule has 0 atom stereocenters. The Kier molecular flexibility index (Phi) is 8.50. The number of amides is 2. The third-order valence-corrected chi connectivity index (χ3v) is 6.17. The Morgan fingerprint density at radius 2 is 1.67 bits per heavy atom. The van der Waals surface area contributed by atoms with Crippen molar-refractivity contribution in [2.45, 2.75) is 45.6 Å². The molecule has 1 fully saturated rings. The average Bonchev–Trinajstić information content (AvgIpc) is 2.79. The van der Waals surface area contributed by atoms with Crippen molar-refractivity contribution in [2.75, 3.05) is 39.8 Å². The molecule has 33 heavy (non-hydrogen) atoms. The summed E-state index contributed by atoms with van der Waals surface area (Å²) in [5, 5.41) is 2.90. The van der Waals surface area contributed by atoms with Gasteiger partial charge in [-0.3, -0.25) is 9.59 Å². The second-order valence-corrected chi connectivity index (χ2v) is 9.47. The number of carbonyl (C=O) groups is 2. The van der Waals surface area contributed by atoms with Crippen molar-refractivity contribution in [3.63, 3.8) is 0 Å². The number of nitrogens with zero attached hydrogens (tertiary/aromatic N) is 2. The summed E-state index contributed by atoms with van der Waals surface area (Å²) in [5.74, 6) is 0.653. The van der Waals surface area contributed by atoms with Gasteiger partial charge in [-0.15, -0.1) is 0 Å². The molecule has 6 heteroatoms. The Labute approximate surface area is 197 Å². The van der Waals surface area contributed by atoms with Crippen LogP contribution in [0.25, 0.3) is 0 Å². The topological polar surface area (TPSA) is 61.9 Å². The predicted octanol–water partition coefficient (Wildman–Crippen LogP) is 3.41. The van der Waals surface area contributed by atoms with Gasteiger partial charge in [0.1, 0.15) is 11.3 Å². The van der Waals surface area contributed by atoms with E-state index in [2.05, 4.69) is 60.6 Å². The van der Waals surface area contributed by atoms with E-state index in [1.165, 1.54) is 16.7 Å². The summed E-state index contributed by atoms with van der Waals surface area (Å²) in [7, 11) is 2.05. The van der Waals surface area contributed by atoms with Gasteiger partial charge in [-0.05, 0) is 69.5 Å². The second-order valence-electron chi connectivity index (χ2n) is 9.47. The number of aryl methyl sites for hydroxylation is 1. The van der Waals surface area contributed by atoms with Crippen LogP contribution in [0.4, 0.5) is 0 Å². The summed E-state index contributed by atoms with van der Waals surface area (Å²) < 4.78 is 5.81. The molecule has 1 saturated heterocycles. The van der Waals surface area contributed by atoms with Gasteiger partial charge in [0.2, 0.25) is 11.8 Å². The first-order chi connectivity index (χ1) is 15.7. The van der Waals surface area contributed by atoms with Crippen LogP contribution in [0, 0.1) is 6.92 Å². The molecule has 0 spiro atoms. The fourth-order valence-corrected chi connectivity index (χ4v) is 4.02. The first kappa shape index (κ1) is 24.8. The normalized spacial score (nSPS) is 14.7. The zero-order valence-corrected chi connectivity index (χ0v) is 20.4. The fraction of sp³-hybridized carbons (Fsp3) is 0.481. The maximum absolute atomic E-state index is 12.8. The molecule has 2 aromatic rings. The van der Waals surface area contributed by atoms with Crippen LogP contribution < -0.4 is 10.1 Å². The smallest absolute Gasteiger partial charge is 0.247 e. The van der Waals surface area contributed by atoms with Gasteiger partial charge in [0.05, 0.1) is 6.61 Å². The minimum absolute atomic E-state index is 0.0222. The highest BCUT2D eigenvalue weighted by molar-refractivity contribution is 5.90. The molecule has 0 radical (unpaired) electrons. The van der Waals surface area contributed by atoms with Crippen LogP contribution >= 0.6 is 0 Å². The van der Waals surface area contributed by atoms with E-state index in [0.29, 0.717) is 32.5 Å². The molecule has 178 valence electrons. The number of hydrogen-bond acceptors (Lipinski definition) is 4. The van der Waals surface area contributed by atoms with Gasteiger partial charge in [-0.1, -0.05) is 36.4 Å². The summed E-state index contributed by atoms with van der Waals surface area (Å²) in [5.41, 5.74) is 2.96. The molecule has 0 aromatic heterocycles. The number of ether oxygens (including phenoxy) is 1. The number of rotatable bonds is 9. The minimum atomic E-state index is -0.902. The number of carbonyl (C=O) groups excluding carboxylic acids is 2. The lowest BCUT2D eigenvalue weighted by atomic mass is 10.0. The van der Waals surface area contributed by atoms with E-state index in [1.807, 2.05) is 17.0 Å². The van der Waals surface area contributed by atoms with Crippen LogP contribution in [0.1, 0.15) is 43.4 Å². The van der Waals surface area contributed by atoms with Crippen molar-refractivity contribution in [1.29, 1.82) is 0 Å². The van der Waals surface area contributed by atoms with E-state index in [4.69, 9.17) is 4.74 Å². The number of likely N-dealkylation sites (N-methyl/N-ethyl adjacent to an activating group) is 1. The summed E-state index contributed by atoms with van der Waals surface area (Å²) >= 11 is 0. The summed E-state index contributed by atoms with van der Waals surface area (Å²) in [6.45, 7) is 9.27. The van der Waals surface area contributed by atoms with Gasteiger partial charge in [0.15, 0.2) is 0 Å². The van der Waals surface area contributed by atoms with Crippen LogP contribution in [0.2, 0.25) is 0 Å². The largest absolute Gasteiger partial charge is 0.494 e. The Hall–Kier alpha value is -2.86. The summed E-state index contributed by atoms with van der Waals surface area (Å²) in [6, 6.07) is 16.5. The summed E-state index contributed by atoms with van der Waals surface area (Å²) in [6.07, 6.45) is 1.82.